The minimum atomic E-state index is -0.524. The highest BCUT2D eigenvalue weighted by Gasteiger charge is 2.32. The molecular weight excluding hydrogens is 499 g/mol. The largest absolute Gasteiger partial charge is 0.488 e. The third kappa shape index (κ3) is 6.22. The standard InChI is InChI=1S/C27H30ClFN4O4/c1-27(2)15-33(14-25(34)37-27)9-10-35-23-13-22-19(12-24(23)36-18-5-3-4-6-18)26(31-16-30-22)32-17-7-8-21(29)20(28)11-17/h7-8,11-13,16,18H,3-6,9-10,14-15H2,1-2H3,(H,30,31,32). The van der Waals surface area contributed by atoms with E-state index in [2.05, 4.69) is 15.3 Å². The van der Waals surface area contributed by atoms with Gasteiger partial charge in [0.25, 0.3) is 0 Å². The van der Waals surface area contributed by atoms with E-state index in [-0.39, 0.29) is 23.6 Å². The molecule has 1 saturated carbocycles. The van der Waals surface area contributed by atoms with Crippen LogP contribution in [0.4, 0.5) is 15.9 Å². The van der Waals surface area contributed by atoms with Crippen LogP contribution in [0.1, 0.15) is 39.5 Å². The molecule has 8 nitrogen and oxygen atoms in total. The number of ether oxygens (including phenoxy) is 3. The zero-order valence-corrected chi connectivity index (χ0v) is 21.7. The van der Waals surface area contributed by atoms with Crippen LogP contribution < -0.4 is 14.8 Å². The maximum atomic E-state index is 13.6. The van der Waals surface area contributed by atoms with Crippen LogP contribution in [-0.4, -0.2) is 58.8 Å². The number of anilines is 2. The van der Waals surface area contributed by atoms with E-state index in [4.69, 9.17) is 25.8 Å². The first kappa shape index (κ1) is 25.5. The SMILES string of the molecule is CC1(C)CN(CCOc2cc3ncnc(Nc4ccc(F)c(Cl)c4)c3cc2OC2CCCC2)CC(=O)O1. The number of nitrogens with zero attached hydrogens (tertiary/aromatic N) is 3. The number of esters is 1. The lowest BCUT2D eigenvalue weighted by Gasteiger charge is -2.37. The summed E-state index contributed by atoms with van der Waals surface area (Å²) in [4.78, 5) is 22.8. The van der Waals surface area contributed by atoms with E-state index in [1.54, 1.807) is 6.07 Å². The van der Waals surface area contributed by atoms with E-state index in [9.17, 15) is 9.18 Å². The van der Waals surface area contributed by atoms with Gasteiger partial charge in [-0.25, -0.2) is 14.4 Å². The number of morpholine rings is 1. The fraction of sp³-hybridized carbons (Fsp3) is 0.444. The molecule has 3 aromatic rings. The molecule has 2 aromatic carbocycles. The minimum Gasteiger partial charge on any atom is -0.488 e. The van der Waals surface area contributed by atoms with E-state index in [1.807, 2.05) is 30.9 Å². The molecular formula is C27H30ClFN4O4. The summed E-state index contributed by atoms with van der Waals surface area (Å²) in [5.74, 6) is 1.04. The predicted octanol–water partition coefficient (Wildman–Crippen LogP) is 5.50. The molecule has 0 unspecified atom stereocenters. The predicted molar refractivity (Wildman–Crippen MR) is 139 cm³/mol. The fourth-order valence-corrected chi connectivity index (χ4v) is 5.04. The van der Waals surface area contributed by atoms with Gasteiger partial charge in [0.2, 0.25) is 0 Å². The van der Waals surface area contributed by atoms with Crippen LogP contribution in [0.5, 0.6) is 11.5 Å². The van der Waals surface area contributed by atoms with Gasteiger partial charge in [0.1, 0.15) is 30.2 Å². The van der Waals surface area contributed by atoms with Gasteiger partial charge in [-0.1, -0.05) is 11.6 Å². The quantitative estimate of drug-likeness (QED) is 0.383. The van der Waals surface area contributed by atoms with Gasteiger partial charge >= 0.3 is 5.97 Å². The number of cyclic esters (lactones) is 1. The van der Waals surface area contributed by atoms with Crippen molar-refractivity contribution in [3.8, 4) is 11.5 Å². The van der Waals surface area contributed by atoms with Crippen molar-refractivity contribution in [1.82, 2.24) is 14.9 Å². The summed E-state index contributed by atoms with van der Waals surface area (Å²) < 4.78 is 31.6. The first-order valence-corrected chi connectivity index (χ1v) is 12.9. The highest BCUT2D eigenvalue weighted by molar-refractivity contribution is 6.31. The number of carbonyl (C=O) groups is 1. The van der Waals surface area contributed by atoms with Crippen LogP contribution in [0.2, 0.25) is 5.02 Å². The van der Waals surface area contributed by atoms with Crippen LogP contribution in [0.3, 0.4) is 0 Å². The highest BCUT2D eigenvalue weighted by atomic mass is 35.5. The second-order valence-corrected chi connectivity index (χ2v) is 10.5. The van der Waals surface area contributed by atoms with Crippen molar-refractivity contribution < 1.29 is 23.4 Å². The Kier molecular flexibility index (Phi) is 7.35. The average molecular weight is 529 g/mol. The molecule has 1 aliphatic carbocycles. The van der Waals surface area contributed by atoms with Crippen molar-refractivity contribution in [1.29, 1.82) is 0 Å². The molecule has 1 saturated heterocycles. The summed E-state index contributed by atoms with van der Waals surface area (Å²) in [6.45, 7) is 5.63. The number of hydrogen-bond acceptors (Lipinski definition) is 8. The van der Waals surface area contributed by atoms with Gasteiger partial charge in [-0.05, 0) is 63.8 Å². The van der Waals surface area contributed by atoms with Crippen molar-refractivity contribution >= 4 is 40.0 Å². The zero-order chi connectivity index (χ0) is 26.0. The van der Waals surface area contributed by atoms with Gasteiger partial charge in [0.15, 0.2) is 11.5 Å². The summed E-state index contributed by atoms with van der Waals surface area (Å²) in [5, 5.41) is 3.97. The number of hydrogen-bond donors (Lipinski definition) is 1. The summed E-state index contributed by atoms with van der Waals surface area (Å²) in [6.07, 6.45) is 5.83. The van der Waals surface area contributed by atoms with Crippen molar-refractivity contribution in [3.63, 3.8) is 0 Å². The number of fused-ring (bicyclic) bond motifs is 1. The van der Waals surface area contributed by atoms with Crippen molar-refractivity contribution in [2.45, 2.75) is 51.2 Å². The Morgan fingerprint density at radius 1 is 1.19 bits per heavy atom. The van der Waals surface area contributed by atoms with E-state index in [1.165, 1.54) is 18.5 Å². The van der Waals surface area contributed by atoms with Gasteiger partial charge in [0, 0.05) is 30.2 Å². The van der Waals surface area contributed by atoms with E-state index in [0.29, 0.717) is 48.2 Å². The summed E-state index contributed by atoms with van der Waals surface area (Å²) >= 11 is 5.95. The number of carbonyl (C=O) groups excluding carboxylic acids is 1. The second kappa shape index (κ2) is 10.7. The number of aromatic nitrogens is 2. The van der Waals surface area contributed by atoms with Crippen molar-refractivity contribution in [2.75, 3.05) is 31.6 Å². The third-order valence-corrected chi connectivity index (χ3v) is 6.78. The number of nitrogens with one attached hydrogen (secondary N) is 1. The first-order valence-electron chi connectivity index (χ1n) is 12.5. The Morgan fingerprint density at radius 3 is 2.76 bits per heavy atom. The molecule has 2 heterocycles. The lowest BCUT2D eigenvalue weighted by molar-refractivity contribution is -0.169. The number of benzene rings is 2. The monoisotopic (exact) mass is 528 g/mol. The Hall–Kier alpha value is -3.17. The van der Waals surface area contributed by atoms with Crippen LogP contribution in [0.15, 0.2) is 36.7 Å². The second-order valence-electron chi connectivity index (χ2n) is 10.1. The van der Waals surface area contributed by atoms with Crippen LogP contribution in [0, 0.1) is 5.82 Å². The molecule has 2 aliphatic rings. The Labute approximate surface area is 220 Å². The normalized spacial score (nSPS) is 18.1. The third-order valence-electron chi connectivity index (χ3n) is 6.49. The maximum Gasteiger partial charge on any atom is 0.320 e. The van der Waals surface area contributed by atoms with E-state index < -0.39 is 11.4 Å². The van der Waals surface area contributed by atoms with Crippen LogP contribution >= 0.6 is 11.6 Å². The lowest BCUT2D eigenvalue weighted by Crippen LogP contribution is -2.51. The molecule has 196 valence electrons. The number of halogens is 2. The maximum absolute atomic E-state index is 13.6. The Bertz CT molecular complexity index is 1300. The molecule has 0 atom stereocenters. The van der Waals surface area contributed by atoms with E-state index in [0.717, 1.165) is 31.1 Å². The minimum absolute atomic E-state index is 0.0228. The van der Waals surface area contributed by atoms with Gasteiger partial charge in [-0.15, -0.1) is 0 Å². The molecule has 0 radical (unpaired) electrons. The smallest absolute Gasteiger partial charge is 0.320 e. The van der Waals surface area contributed by atoms with Crippen molar-refractivity contribution in [2.24, 2.45) is 0 Å². The summed E-state index contributed by atoms with van der Waals surface area (Å²) in [6, 6.07) is 8.14. The lowest BCUT2D eigenvalue weighted by atomic mass is 10.1. The molecule has 0 amide bonds. The first-order chi connectivity index (χ1) is 17.8. The molecule has 37 heavy (non-hydrogen) atoms. The molecule has 5 rings (SSSR count). The van der Waals surface area contributed by atoms with Crippen molar-refractivity contribution in [3.05, 3.63) is 47.5 Å². The molecule has 1 aromatic heterocycles. The van der Waals surface area contributed by atoms with Gasteiger partial charge in [-0.3, -0.25) is 9.69 Å². The average Bonchev–Trinajstić information content (AvgIpc) is 3.34. The topological polar surface area (TPSA) is 85.8 Å². The van der Waals surface area contributed by atoms with Crippen LogP contribution in [0.25, 0.3) is 10.9 Å². The molecule has 2 fully saturated rings. The molecule has 1 N–H and O–H groups in total. The van der Waals surface area contributed by atoms with Gasteiger partial charge in [0.05, 0.1) is 23.2 Å². The van der Waals surface area contributed by atoms with E-state index >= 15 is 0 Å². The van der Waals surface area contributed by atoms with Gasteiger partial charge < -0.3 is 19.5 Å². The molecule has 0 bridgehead atoms. The zero-order valence-electron chi connectivity index (χ0n) is 20.9. The van der Waals surface area contributed by atoms with Gasteiger partial charge in [-0.2, -0.15) is 0 Å². The highest BCUT2D eigenvalue weighted by Crippen LogP contribution is 2.37. The number of rotatable bonds is 8. The Morgan fingerprint density at radius 2 is 2.00 bits per heavy atom. The molecule has 10 heteroatoms. The molecule has 0 spiro atoms. The molecule has 1 aliphatic heterocycles. The fourth-order valence-electron chi connectivity index (χ4n) is 4.86. The Balaban J connectivity index is 1.39. The summed E-state index contributed by atoms with van der Waals surface area (Å²) in [7, 11) is 0. The summed E-state index contributed by atoms with van der Waals surface area (Å²) in [5.41, 5.74) is 0.750. The van der Waals surface area contributed by atoms with Crippen LogP contribution in [-0.2, 0) is 9.53 Å².